The number of anilines is 1. The lowest BCUT2D eigenvalue weighted by molar-refractivity contribution is -0.121. The molecule has 2 amide bonds. The van der Waals surface area contributed by atoms with Crippen molar-refractivity contribution in [2.45, 2.75) is 18.6 Å². The number of hydrogen-bond acceptors (Lipinski definition) is 4. The van der Waals surface area contributed by atoms with Crippen LogP contribution in [0.4, 0.5) is 5.69 Å². The molecule has 0 aromatic heterocycles. The average molecular weight is 345 g/mol. The van der Waals surface area contributed by atoms with Gasteiger partial charge >= 0.3 is 0 Å². The zero-order chi connectivity index (χ0) is 17.1. The minimum Gasteiger partial charge on any atom is -0.387 e. The summed E-state index contributed by atoms with van der Waals surface area (Å²) in [4.78, 5) is 25.8. The first-order valence-electron chi connectivity index (χ1n) is 7.65. The van der Waals surface area contributed by atoms with E-state index in [0.29, 0.717) is 10.7 Å². The molecule has 2 aromatic rings. The van der Waals surface area contributed by atoms with Crippen molar-refractivity contribution in [1.29, 1.82) is 0 Å². The van der Waals surface area contributed by atoms with E-state index in [9.17, 15) is 14.7 Å². The van der Waals surface area contributed by atoms with Gasteiger partial charge in [-0.25, -0.2) is 4.90 Å². The Morgan fingerprint density at radius 3 is 2.46 bits per heavy atom. The van der Waals surface area contributed by atoms with Crippen LogP contribution in [-0.2, 0) is 9.59 Å². The van der Waals surface area contributed by atoms with E-state index < -0.39 is 12.1 Å². The van der Waals surface area contributed by atoms with E-state index in [1.54, 1.807) is 24.3 Å². The molecule has 1 aliphatic heterocycles. The number of halogens is 1. The summed E-state index contributed by atoms with van der Waals surface area (Å²) in [6, 6.07) is 15.1. The van der Waals surface area contributed by atoms with E-state index in [1.165, 1.54) is 0 Å². The quantitative estimate of drug-likeness (QED) is 0.817. The number of aliphatic hydroxyl groups is 1. The molecule has 0 radical (unpaired) electrons. The minimum atomic E-state index is -0.737. The highest BCUT2D eigenvalue weighted by molar-refractivity contribution is 6.30. The fraction of sp³-hybridized carbons (Fsp3) is 0.222. The summed E-state index contributed by atoms with van der Waals surface area (Å²) in [5, 5.41) is 13.7. The number of amides is 2. The molecule has 1 saturated heterocycles. The van der Waals surface area contributed by atoms with Crippen molar-refractivity contribution in [2.75, 3.05) is 11.4 Å². The van der Waals surface area contributed by atoms with E-state index in [-0.39, 0.29) is 24.8 Å². The van der Waals surface area contributed by atoms with Crippen LogP contribution >= 0.6 is 11.6 Å². The molecule has 124 valence electrons. The van der Waals surface area contributed by atoms with Gasteiger partial charge in [0.05, 0.1) is 24.3 Å². The maximum absolute atomic E-state index is 12.5. The van der Waals surface area contributed by atoms with Gasteiger partial charge in [0, 0.05) is 11.6 Å². The van der Waals surface area contributed by atoms with Crippen molar-refractivity contribution in [3.05, 3.63) is 65.2 Å². The lowest BCUT2D eigenvalue weighted by atomic mass is 10.1. The molecule has 6 heteroatoms. The van der Waals surface area contributed by atoms with Gasteiger partial charge in [0.25, 0.3) is 5.91 Å². The number of aliphatic hydroxyl groups excluding tert-OH is 1. The Balaban J connectivity index is 1.65. The third kappa shape index (κ3) is 3.48. The highest BCUT2D eigenvalue weighted by Gasteiger charge is 2.39. The minimum absolute atomic E-state index is 0.0724. The fourth-order valence-electron chi connectivity index (χ4n) is 2.70. The molecule has 1 aliphatic rings. The van der Waals surface area contributed by atoms with Gasteiger partial charge in [-0.05, 0) is 29.8 Å². The molecule has 5 nitrogen and oxygen atoms in total. The Morgan fingerprint density at radius 2 is 1.79 bits per heavy atom. The number of benzene rings is 2. The van der Waals surface area contributed by atoms with Crippen molar-refractivity contribution in [3.8, 4) is 0 Å². The number of nitrogens with one attached hydrogen (secondary N) is 1. The van der Waals surface area contributed by atoms with E-state index in [4.69, 9.17) is 11.6 Å². The smallest absolute Gasteiger partial charge is 0.251 e. The second-order valence-corrected chi connectivity index (χ2v) is 6.07. The van der Waals surface area contributed by atoms with Crippen LogP contribution in [0.3, 0.4) is 0 Å². The number of imide groups is 1. The number of carbonyl (C=O) groups is 2. The maximum atomic E-state index is 12.5. The molecule has 2 N–H and O–H groups in total. The number of carbonyl (C=O) groups excluding carboxylic acids is 2. The maximum Gasteiger partial charge on any atom is 0.251 e. The molecule has 0 aliphatic carbocycles. The lowest BCUT2D eigenvalue weighted by Crippen LogP contribution is -2.40. The van der Waals surface area contributed by atoms with Gasteiger partial charge in [-0.3, -0.25) is 9.59 Å². The second kappa shape index (κ2) is 7.13. The molecule has 24 heavy (non-hydrogen) atoms. The molecule has 2 aromatic carbocycles. The summed E-state index contributed by atoms with van der Waals surface area (Å²) in [5.74, 6) is -0.586. The standard InChI is InChI=1S/C18H17ClN2O3/c19-13-6-8-14(9-7-13)21-17(23)10-15(18(21)24)20-11-16(22)12-4-2-1-3-5-12/h1-9,15-16,20,22H,10-11H2/t15-,16+/m1/s1. The monoisotopic (exact) mass is 344 g/mol. The largest absolute Gasteiger partial charge is 0.387 e. The highest BCUT2D eigenvalue weighted by Crippen LogP contribution is 2.24. The van der Waals surface area contributed by atoms with Crippen LogP contribution in [0.15, 0.2) is 54.6 Å². The van der Waals surface area contributed by atoms with Crippen molar-refractivity contribution in [1.82, 2.24) is 5.32 Å². The molecule has 0 saturated carbocycles. The molecule has 2 atom stereocenters. The van der Waals surface area contributed by atoms with Gasteiger partial charge in [-0.2, -0.15) is 0 Å². The molecule has 3 rings (SSSR count). The van der Waals surface area contributed by atoms with E-state index >= 15 is 0 Å². The Labute approximate surface area is 144 Å². The summed E-state index contributed by atoms with van der Waals surface area (Å²) in [5.41, 5.74) is 1.26. The lowest BCUT2D eigenvalue weighted by Gasteiger charge is -2.17. The number of nitrogens with zero attached hydrogens (tertiary/aromatic N) is 1. The SMILES string of the molecule is O=C1C[C@@H](NC[C@H](O)c2ccccc2)C(=O)N1c1ccc(Cl)cc1. The Hall–Kier alpha value is -2.21. The molecular formula is C18H17ClN2O3. The van der Waals surface area contributed by atoms with Crippen molar-refractivity contribution in [2.24, 2.45) is 0 Å². The summed E-state index contributed by atoms with van der Waals surface area (Å²) in [7, 11) is 0. The highest BCUT2D eigenvalue weighted by atomic mass is 35.5. The van der Waals surface area contributed by atoms with Gasteiger partial charge in [0.1, 0.15) is 0 Å². The molecule has 0 bridgehead atoms. The van der Waals surface area contributed by atoms with Crippen LogP contribution in [-0.4, -0.2) is 29.5 Å². The van der Waals surface area contributed by atoms with Crippen LogP contribution in [0.2, 0.25) is 5.02 Å². The third-order valence-electron chi connectivity index (χ3n) is 3.97. The summed E-state index contributed by atoms with van der Waals surface area (Å²) >= 11 is 5.83. The zero-order valence-corrected chi connectivity index (χ0v) is 13.6. The summed E-state index contributed by atoms with van der Waals surface area (Å²) in [6.45, 7) is 0.197. The molecule has 1 fully saturated rings. The Morgan fingerprint density at radius 1 is 1.12 bits per heavy atom. The van der Waals surface area contributed by atoms with Crippen molar-refractivity contribution in [3.63, 3.8) is 0 Å². The first kappa shape index (κ1) is 16.6. The molecule has 0 spiro atoms. The number of rotatable bonds is 5. The normalized spacial score (nSPS) is 18.9. The van der Waals surface area contributed by atoms with Crippen LogP contribution in [0, 0.1) is 0 Å². The van der Waals surface area contributed by atoms with Crippen LogP contribution in [0.1, 0.15) is 18.1 Å². The average Bonchev–Trinajstić information content (AvgIpc) is 2.88. The zero-order valence-electron chi connectivity index (χ0n) is 12.9. The Bertz CT molecular complexity index is 734. The van der Waals surface area contributed by atoms with Crippen molar-refractivity contribution >= 4 is 29.1 Å². The van der Waals surface area contributed by atoms with E-state index in [1.807, 2.05) is 30.3 Å². The first-order valence-corrected chi connectivity index (χ1v) is 8.03. The third-order valence-corrected chi connectivity index (χ3v) is 4.23. The van der Waals surface area contributed by atoms with Crippen LogP contribution in [0.25, 0.3) is 0 Å². The molecular weight excluding hydrogens is 328 g/mol. The van der Waals surface area contributed by atoms with Gasteiger partial charge in [0.15, 0.2) is 0 Å². The second-order valence-electron chi connectivity index (χ2n) is 5.64. The summed E-state index contributed by atoms with van der Waals surface area (Å²) in [6.07, 6.45) is -0.665. The van der Waals surface area contributed by atoms with Crippen LogP contribution < -0.4 is 10.2 Å². The fourth-order valence-corrected chi connectivity index (χ4v) is 2.83. The van der Waals surface area contributed by atoms with Gasteiger partial charge in [-0.15, -0.1) is 0 Å². The number of hydrogen-bond donors (Lipinski definition) is 2. The molecule has 1 heterocycles. The molecule has 0 unspecified atom stereocenters. The van der Waals surface area contributed by atoms with Gasteiger partial charge in [0.2, 0.25) is 5.91 Å². The predicted octanol–water partition coefficient (Wildman–Crippen LogP) is 2.30. The van der Waals surface area contributed by atoms with Crippen molar-refractivity contribution < 1.29 is 14.7 Å². The van der Waals surface area contributed by atoms with Gasteiger partial charge < -0.3 is 10.4 Å². The first-order chi connectivity index (χ1) is 11.6. The predicted molar refractivity (Wildman–Crippen MR) is 91.8 cm³/mol. The topological polar surface area (TPSA) is 69.6 Å². The Kier molecular flexibility index (Phi) is 4.94. The van der Waals surface area contributed by atoms with E-state index in [0.717, 1.165) is 10.5 Å². The van der Waals surface area contributed by atoms with Gasteiger partial charge in [-0.1, -0.05) is 41.9 Å². The van der Waals surface area contributed by atoms with E-state index in [2.05, 4.69) is 5.32 Å². The van der Waals surface area contributed by atoms with Crippen LogP contribution in [0.5, 0.6) is 0 Å². The summed E-state index contributed by atoms with van der Waals surface area (Å²) < 4.78 is 0.